The number of carboxylic acids is 1. The second kappa shape index (κ2) is 11.4. The highest BCUT2D eigenvalue weighted by Crippen LogP contribution is 2.41. The normalized spacial score (nSPS) is 11.6. The summed E-state index contributed by atoms with van der Waals surface area (Å²) in [5, 5.41) is 13.9. The van der Waals surface area contributed by atoms with Crippen molar-refractivity contribution in [1.29, 1.82) is 0 Å². The predicted octanol–water partition coefficient (Wildman–Crippen LogP) is 9.18. The molecule has 2 amide bonds. The Morgan fingerprint density at radius 3 is 1.98 bits per heavy atom. The maximum absolute atomic E-state index is 13.5. The van der Waals surface area contributed by atoms with Crippen molar-refractivity contribution in [3.63, 3.8) is 0 Å². The number of rotatable bonds is 6. The molecule has 0 bridgehead atoms. The summed E-state index contributed by atoms with van der Waals surface area (Å²) in [6.07, 6.45) is -9.32. The predicted molar refractivity (Wildman–Crippen MR) is 139 cm³/mol. The number of amides is 2. The molecule has 13 heteroatoms. The van der Waals surface area contributed by atoms with E-state index < -0.39 is 41.2 Å². The van der Waals surface area contributed by atoms with Crippen LogP contribution in [0.25, 0.3) is 11.1 Å². The third-order valence-corrected chi connectivity index (χ3v) is 5.96. The molecule has 212 valence electrons. The maximum Gasteiger partial charge on any atom is 0.419 e. The van der Waals surface area contributed by atoms with Crippen LogP contribution < -0.4 is 15.4 Å². The molecule has 0 heterocycles. The first kappa shape index (κ1) is 29.3. The van der Waals surface area contributed by atoms with E-state index in [4.69, 9.17) is 16.3 Å². The lowest BCUT2D eigenvalue weighted by Gasteiger charge is -2.17. The summed E-state index contributed by atoms with van der Waals surface area (Å²) in [5.41, 5.74) is -1.47. The number of para-hydroxylation sites is 1. The standard InChI is InChI=1S/C28H17ClF6N2O4/c29-21-13-15(5-11-19(21)25(38)39)16-6-12-24(41-23-4-2-1-3-20(23)28(33,34)35)22(14-16)37-26(40)36-18-9-7-17(8-10-18)27(30,31)32/h1-14H,(H,38,39)(H2,36,37,40). The summed E-state index contributed by atoms with van der Waals surface area (Å²) < 4.78 is 84.7. The van der Waals surface area contributed by atoms with E-state index in [0.717, 1.165) is 36.4 Å². The van der Waals surface area contributed by atoms with E-state index in [1.165, 1.54) is 48.5 Å². The van der Waals surface area contributed by atoms with Crippen LogP contribution in [-0.4, -0.2) is 17.1 Å². The van der Waals surface area contributed by atoms with Gasteiger partial charge in [0, 0.05) is 5.69 Å². The van der Waals surface area contributed by atoms with Gasteiger partial charge >= 0.3 is 24.4 Å². The zero-order valence-electron chi connectivity index (χ0n) is 20.4. The van der Waals surface area contributed by atoms with Gasteiger partial charge in [0.2, 0.25) is 0 Å². The van der Waals surface area contributed by atoms with Gasteiger partial charge in [0.25, 0.3) is 0 Å². The van der Waals surface area contributed by atoms with Crippen molar-refractivity contribution >= 4 is 35.0 Å². The van der Waals surface area contributed by atoms with E-state index in [9.17, 15) is 41.0 Å². The number of carbonyl (C=O) groups is 2. The van der Waals surface area contributed by atoms with Gasteiger partial charge in [0.15, 0.2) is 5.75 Å². The Labute approximate surface area is 233 Å². The molecule has 4 rings (SSSR count). The monoisotopic (exact) mass is 594 g/mol. The lowest BCUT2D eigenvalue weighted by molar-refractivity contribution is -0.139. The minimum Gasteiger partial charge on any atom is -0.478 e. The molecule has 0 aliphatic carbocycles. The zero-order valence-corrected chi connectivity index (χ0v) is 21.2. The van der Waals surface area contributed by atoms with Crippen molar-refractivity contribution in [1.82, 2.24) is 0 Å². The maximum atomic E-state index is 13.5. The van der Waals surface area contributed by atoms with Crippen molar-refractivity contribution in [2.45, 2.75) is 12.4 Å². The zero-order chi connectivity index (χ0) is 29.9. The molecule has 4 aromatic rings. The van der Waals surface area contributed by atoms with Crippen LogP contribution in [0, 0.1) is 0 Å². The lowest BCUT2D eigenvalue weighted by Crippen LogP contribution is -2.20. The van der Waals surface area contributed by atoms with Gasteiger partial charge in [-0.1, -0.05) is 35.9 Å². The highest BCUT2D eigenvalue weighted by Gasteiger charge is 2.34. The molecule has 3 N–H and O–H groups in total. The molecule has 0 saturated carbocycles. The van der Waals surface area contributed by atoms with E-state index in [1.54, 1.807) is 0 Å². The van der Waals surface area contributed by atoms with Gasteiger partial charge in [-0.05, 0) is 71.8 Å². The van der Waals surface area contributed by atoms with Crippen LogP contribution in [-0.2, 0) is 12.4 Å². The fourth-order valence-corrected chi connectivity index (χ4v) is 3.96. The number of carboxylic acid groups (broad SMARTS) is 1. The van der Waals surface area contributed by atoms with Crippen molar-refractivity contribution in [3.8, 4) is 22.6 Å². The van der Waals surface area contributed by atoms with Crippen molar-refractivity contribution < 1.29 is 45.8 Å². The number of urea groups is 1. The number of hydrogen-bond acceptors (Lipinski definition) is 3. The first-order valence-corrected chi connectivity index (χ1v) is 11.9. The molecular weight excluding hydrogens is 578 g/mol. The van der Waals surface area contributed by atoms with Crippen LogP contribution in [0.15, 0.2) is 84.9 Å². The van der Waals surface area contributed by atoms with Gasteiger partial charge in [-0.25, -0.2) is 9.59 Å². The number of alkyl halides is 6. The van der Waals surface area contributed by atoms with Crippen LogP contribution >= 0.6 is 11.6 Å². The fourth-order valence-electron chi connectivity index (χ4n) is 3.70. The highest BCUT2D eigenvalue weighted by molar-refractivity contribution is 6.33. The third-order valence-electron chi connectivity index (χ3n) is 5.64. The molecule has 0 aromatic heterocycles. The molecule has 41 heavy (non-hydrogen) atoms. The number of aromatic carboxylic acids is 1. The van der Waals surface area contributed by atoms with E-state index in [2.05, 4.69) is 10.6 Å². The molecular formula is C28H17ClF6N2O4. The molecule has 0 saturated heterocycles. The van der Waals surface area contributed by atoms with Crippen LogP contribution in [0.5, 0.6) is 11.5 Å². The molecule has 0 radical (unpaired) electrons. The van der Waals surface area contributed by atoms with Crippen molar-refractivity contribution in [2.75, 3.05) is 10.6 Å². The first-order valence-electron chi connectivity index (χ1n) is 11.5. The molecule has 0 atom stereocenters. The summed E-state index contributed by atoms with van der Waals surface area (Å²) in [4.78, 5) is 24.0. The molecule has 0 spiro atoms. The number of carbonyl (C=O) groups excluding carboxylic acids is 1. The molecule has 0 unspecified atom stereocenters. The Kier molecular flexibility index (Phi) is 8.15. The number of benzene rings is 4. The van der Waals surface area contributed by atoms with Gasteiger partial charge in [-0.3, -0.25) is 0 Å². The molecule has 0 aliphatic heterocycles. The molecule has 6 nitrogen and oxygen atoms in total. The topological polar surface area (TPSA) is 87.7 Å². The Morgan fingerprint density at radius 1 is 0.732 bits per heavy atom. The van der Waals surface area contributed by atoms with E-state index >= 15 is 0 Å². The fraction of sp³-hybridized carbons (Fsp3) is 0.0714. The summed E-state index contributed by atoms with van der Waals surface area (Å²) in [7, 11) is 0. The minimum atomic E-state index is -4.74. The molecule has 4 aromatic carbocycles. The van der Waals surface area contributed by atoms with Crippen LogP contribution in [0.3, 0.4) is 0 Å². The van der Waals surface area contributed by atoms with Gasteiger partial charge in [0.05, 0.1) is 27.4 Å². The summed E-state index contributed by atoms with van der Waals surface area (Å²) >= 11 is 6.06. The largest absolute Gasteiger partial charge is 0.478 e. The summed E-state index contributed by atoms with van der Waals surface area (Å²) in [5.74, 6) is -2.00. The minimum absolute atomic E-state index is 0.00702. The van der Waals surface area contributed by atoms with Crippen LogP contribution in [0.1, 0.15) is 21.5 Å². The van der Waals surface area contributed by atoms with Crippen LogP contribution in [0.4, 0.5) is 42.5 Å². The van der Waals surface area contributed by atoms with E-state index in [1.807, 2.05) is 0 Å². The third kappa shape index (κ3) is 7.09. The summed E-state index contributed by atoms with van der Waals surface area (Å²) in [6, 6.07) is 15.2. The Bertz CT molecular complexity index is 1600. The van der Waals surface area contributed by atoms with Gasteiger partial charge in [-0.15, -0.1) is 0 Å². The number of hydrogen-bond donors (Lipinski definition) is 3. The van der Waals surface area contributed by atoms with E-state index in [-0.39, 0.29) is 27.7 Å². The van der Waals surface area contributed by atoms with Crippen molar-refractivity contribution in [3.05, 3.63) is 107 Å². The Morgan fingerprint density at radius 2 is 1.37 bits per heavy atom. The number of ether oxygens (including phenoxy) is 1. The second-order valence-corrected chi connectivity index (χ2v) is 8.87. The van der Waals surface area contributed by atoms with Gasteiger partial charge in [0.1, 0.15) is 5.75 Å². The number of nitrogens with one attached hydrogen (secondary N) is 2. The van der Waals surface area contributed by atoms with Gasteiger partial charge < -0.3 is 20.5 Å². The molecule has 0 fully saturated rings. The lowest BCUT2D eigenvalue weighted by atomic mass is 10.0. The van der Waals surface area contributed by atoms with Crippen molar-refractivity contribution in [2.24, 2.45) is 0 Å². The first-order chi connectivity index (χ1) is 19.2. The highest BCUT2D eigenvalue weighted by atomic mass is 35.5. The average Bonchev–Trinajstić information content (AvgIpc) is 2.89. The average molecular weight is 595 g/mol. The quantitative estimate of drug-likeness (QED) is 0.194. The SMILES string of the molecule is O=C(Nc1ccc(C(F)(F)F)cc1)Nc1cc(-c2ccc(C(=O)O)c(Cl)c2)ccc1Oc1ccccc1C(F)(F)F. The second-order valence-electron chi connectivity index (χ2n) is 8.46. The van der Waals surface area contributed by atoms with Gasteiger partial charge in [-0.2, -0.15) is 26.3 Å². The Hall–Kier alpha value is -4.71. The summed E-state index contributed by atoms with van der Waals surface area (Å²) in [6.45, 7) is 0. The molecule has 0 aliphatic rings. The smallest absolute Gasteiger partial charge is 0.419 e. The van der Waals surface area contributed by atoms with Crippen LogP contribution in [0.2, 0.25) is 5.02 Å². The van der Waals surface area contributed by atoms with E-state index in [0.29, 0.717) is 11.1 Å². The number of halogens is 7. The Balaban J connectivity index is 1.69. The number of anilines is 2.